The maximum absolute atomic E-state index is 12.8. The van der Waals surface area contributed by atoms with Gasteiger partial charge in [-0.3, -0.25) is 4.79 Å². The zero-order valence-electron chi connectivity index (χ0n) is 23.7. The number of ether oxygens (including phenoxy) is 2. The molecule has 0 unspecified atom stereocenters. The van der Waals surface area contributed by atoms with E-state index in [1.807, 2.05) is 11.4 Å². The van der Waals surface area contributed by atoms with E-state index in [9.17, 15) is 4.79 Å². The number of hydrogen-bond acceptors (Lipinski definition) is 12. The van der Waals surface area contributed by atoms with Crippen LogP contribution in [0.1, 0.15) is 14.6 Å². The van der Waals surface area contributed by atoms with Gasteiger partial charge in [0.1, 0.15) is 11.5 Å². The molecule has 14 nitrogen and oxygen atoms in total. The molecule has 1 fully saturated rings. The van der Waals surface area contributed by atoms with E-state index in [4.69, 9.17) is 13.6 Å². The highest BCUT2D eigenvalue weighted by molar-refractivity contribution is 5.98. The minimum absolute atomic E-state index is 0.122. The van der Waals surface area contributed by atoms with Crippen molar-refractivity contribution in [2.75, 3.05) is 55.9 Å². The normalized spacial score (nSPS) is 14.7. The summed E-state index contributed by atoms with van der Waals surface area (Å²) in [5.74, 6) is 0.326. The molecular formula is C24H27N11O3. The van der Waals surface area contributed by atoms with E-state index in [0.717, 1.165) is 18.8 Å². The Kier molecular flexibility index (Phi) is 6.18. The summed E-state index contributed by atoms with van der Waals surface area (Å²) in [5, 5.41) is 24.5. The third-order valence-corrected chi connectivity index (χ3v) is 5.74. The van der Waals surface area contributed by atoms with Gasteiger partial charge in [0, 0.05) is 43.5 Å². The minimum atomic E-state index is -2.74. The summed E-state index contributed by atoms with van der Waals surface area (Å²) in [5.41, 5.74) is 1.95. The first-order chi connectivity index (χ1) is 19.7. The maximum atomic E-state index is 12.8. The largest absolute Gasteiger partial charge is 0.492 e. The molecule has 0 spiro atoms. The summed E-state index contributed by atoms with van der Waals surface area (Å²) < 4.78 is 33.3. The summed E-state index contributed by atoms with van der Waals surface area (Å²) in [7, 11) is 3.16. The van der Waals surface area contributed by atoms with Crippen molar-refractivity contribution in [2.24, 2.45) is 7.05 Å². The molecule has 5 rings (SSSR count). The highest BCUT2D eigenvalue weighted by Gasteiger charge is 2.20. The van der Waals surface area contributed by atoms with Gasteiger partial charge in [0.25, 0.3) is 5.91 Å². The Balaban J connectivity index is 1.46. The summed E-state index contributed by atoms with van der Waals surface area (Å²) >= 11 is 0. The molecule has 14 heteroatoms. The number of aryl methyl sites for hydroxylation is 1. The number of methoxy groups -OCH3 is 1. The minimum Gasteiger partial charge on any atom is -0.492 e. The fourth-order valence-electron chi connectivity index (χ4n) is 3.92. The van der Waals surface area contributed by atoms with Crippen molar-refractivity contribution in [3.05, 3.63) is 48.5 Å². The van der Waals surface area contributed by atoms with E-state index in [-0.39, 0.29) is 23.0 Å². The van der Waals surface area contributed by atoms with Gasteiger partial charge in [0.05, 0.1) is 49.7 Å². The van der Waals surface area contributed by atoms with Crippen molar-refractivity contribution in [3.63, 3.8) is 0 Å². The zero-order chi connectivity index (χ0) is 29.0. The lowest BCUT2D eigenvalue weighted by molar-refractivity contribution is 0.0958. The second-order valence-electron chi connectivity index (χ2n) is 8.16. The number of carbonyl (C=O) groups excluding carboxylic acids is 1. The van der Waals surface area contributed by atoms with Crippen molar-refractivity contribution in [3.8, 4) is 17.0 Å². The summed E-state index contributed by atoms with van der Waals surface area (Å²) in [4.78, 5) is 25.2. The molecule has 0 aliphatic carbocycles. The third-order valence-electron chi connectivity index (χ3n) is 5.74. The molecule has 0 saturated carbocycles. The number of nitrogens with zero attached hydrogens (tertiary/aromatic N) is 8. The lowest BCUT2D eigenvalue weighted by Crippen LogP contribution is -2.36. The molecule has 1 amide bonds. The molecular weight excluding hydrogens is 490 g/mol. The van der Waals surface area contributed by atoms with Gasteiger partial charge in [0.2, 0.25) is 0 Å². The molecule has 4 aromatic rings. The van der Waals surface area contributed by atoms with Crippen molar-refractivity contribution in [1.82, 2.24) is 40.5 Å². The lowest BCUT2D eigenvalue weighted by atomic mass is 10.2. The molecule has 0 radical (unpaired) electrons. The Hall–Kier alpha value is -4.85. The van der Waals surface area contributed by atoms with Crippen LogP contribution in [-0.2, 0) is 11.8 Å². The van der Waals surface area contributed by atoms with Crippen LogP contribution in [0.25, 0.3) is 11.3 Å². The Morgan fingerprint density at radius 3 is 2.68 bits per heavy atom. The number of pyridine rings is 2. The molecule has 0 bridgehead atoms. The Labute approximate surface area is 222 Å². The van der Waals surface area contributed by atoms with E-state index in [0.29, 0.717) is 36.0 Å². The quantitative estimate of drug-likeness (QED) is 0.310. The first-order valence-corrected chi connectivity index (χ1v) is 11.6. The average molecular weight is 521 g/mol. The fraction of sp³-hybridized carbons (Fsp3) is 0.292. The van der Waals surface area contributed by atoms with E-state index < -0.39 is 12.9 Å². The molecule has 38 heavy (non-hydrogen) atoms. The van der Waals surface area contributed by atoms with Gasteiger partial charge >= 0.3 is 0 Å². The fourth-order valence-corrected chi connectivity index (χ4v) is 3.92. The number of amides is 1. The Morgan fingerprint density at radius 1 is 1.11 bits per heavy atom. The average Bonchev–Trinajstić information content (AvgIpc) is 3.39. The predicted octanol–water partition coefficient (Wildman–Crippen LogP) is 1.75. The summed E-state index contributed by atoms with van der Waals surface area (Å²) in [6.45, 7) is 0.151. The van der Waals surface area contributed by atoms with Crippen LogP contribution in [0.4, 0.5) is 28.8 Å². The zero-order valence-corrected chi connectivity index (χ0v) is 20.7. The van der Waals surface area contributed by atoms with Crippen LogP contribution in [0.2, 0.25) is 0 Å². The molecule has 196 valence electrons. The highest BCUT2D eigenvalue weighted by Crippen LogP contribution is 2.36. The van der Waals surface area contributed by atoms with Crippen molar-refractivity contribution in [2.45, 2.75) is 0 Å². The number of carbonyl (C=O) groups is 1. The van der Waals surface area contributed by atoms with Crippen molar-refractivity contribution < 1.29 is 18.4 Å². The van der Waals surface area contributed by atoms with Gasteiger partial charge in [-0.05, 0) is 18.2 Å². The van der Waals surface area contributed by atoms with Gasteiger partial charge < -0.3 is 30.3 Å². The highest BCUT2D eigenvalue weighted by atomic mass is 16.5. The number of morpholine rings is 1. The van der Waals surface area contributed by atoms with Gasteiger partial charge in [-0.1, -0.05) is 0 Å². The summed E-state index contributed by atoms with van der Waals surface area (Å²) in [6, 6.07) is 6.93. The van der Waals surface area contributed by atoms with E-state index in [1.165, 1.54) is 24.2 Å². The molecule has 5 heterocycles. The van der Waals surface area contributed by atoms with E-state index >= 15 is 0 Å². The SMILES string of the molecule is [2H]C([2H])([2H])NC(=O)c1nnc(Nc2ccc(N3CCOCC3)cn2)cc1Nc1nccc(-c2cnn(C)n2)c1OC. The second kappa shape index (κ2) is 11.0. The van der Waals surface area contributed by atoms with Crippen LogP contribution < -0.4 is 25.6 Å². The van der Waals surface area contributed by atoms with Gasteiger partial charge in [-0.2, -0.15) is 15.0 Å². The lowest BCUT2D eigenvalue weighted by Gasteiger charge is -2.28. The van der Waals surface area contributed by atoms with Crippen molar-refractivity contribution >= 4 is 34.7 Å². The second-order valence-corrected chi connectivity index (χ2v) is 8.16. The first-order valence-electron chi connectivity index (χ1n) is 13.1. The van der Waals surface area contributed by atoms with Crippen LogP contribution in [-0.4, -0.2) is 81.5 Å². The molecule has 1 aliphatic heterocycles. The number of aromatic nitrogens is 7. The van der Waals surface area contributed by atoms with Crippen molar-refractivity contribution in [1.29, 1.82) is 0 Å². The molecule has 0 atom stereocenters. The summed E-state index contributed by atoms with van der Waals surface area (Å²) in [6.07, 6.45) is 4.85. The van der Waals surface area contributed by atoms with Crippen LogP contribution in [0.15, 0.2) is 42.9 Å². The van der Waals surface area contributed by atoms with E-state index in [1.54, 1.807) is 31.6 Å². The van der Waals surface area contributed by atoms with Gasteiger partial charge in [-0.25, -0.2) is 9.97 Å². The topological polar surface area (TPSA) is 157 Å². The van der Waals surface area contributed by atoms with Gasteiger partial charge in [-0.15, -0.1) is 10.2 Å². The van der Waals surface area contributed by atoms with Crippen LogP contribution in [0, 0.1) is 0 Å². The number of rotatable bonds is 8. The predicted molar refractivity (Wildman–Crippen MR) is 140 cm³/mol. The molecule has 1 aliphatic rings. The van der Waals surface area contributed by atoms with Crippen LogP contribution >= 0.6 is 0 Å². The Morgan fingerprint density at radius 2 is 1.97 bits per heavy atom. The Bertz CT molecular complexity index is 1520. The molecule has 1 saturated heterocycles. The molecule has 3 N–H and O–H groups in total. The third kappa shape index (κ3) is 5.29. The molecule has 0 aromatic carbocycles. The van der Waals surface area contributed by atoms with Crippen LogP contribution in [0.3, 0.4) is 0 Å². The molecule has 4 aromatic heterocycles. The van der Waals surface area contributed by atoms with Gasteiger partial charge in [0.15, 0.2) is 23.1 Å². The maximum Gasteiger partial charge on any atom is 0.273 e. The smallest absolute Gasteiger partial charge is 0.273 e. The first kappa shape index (κ1) is 21.3. The number of nitrogens with one attached hydrogen (secondary N) is 3. The van der Waals surface area contributed by atoms with E-state index in [2.05, 4.69) is 45.9 Å². The van der Waals surface area contributed by atoms with Crippen LogP contribution in [0.5, 0.6) is 5.75 Å². The number of anilines is 5. The monoisotopic (exact) mass is 520 g/mol. The standard InChI is InChI=1S/C24H27N11O3/c1-25-24(36)21-17(29-23-22(37-3)16(6-7-26-23)18-14-28-34(2)33-18)12-20(31-32-21)30-19-5-4-15(13-27-19)35-8-10-38-11-9-35/h4-7,12-14H,8-11H2,1-3H3,(H,25,36)(H2,26,27,29,30,31)/i1D3. The number of hydrogen-bond donors (Lipinski definition) is 3.